The smallest absolute Gasteiger partial charge is 0.286 e. The van der Waals surface area contributed by atoms with Crippen LogP contribution in [-0.4, -0.2) is 0 Å². The van der Waals surface area contributed by atoms with E-state index in [1.54, 1.807) is 6.92 Å². The van der Waals surface area contributed by atoms with Crippen LogP contribution in [0.4, 0.5) is 8.78 Å². The number of hydrogen-bond acceptors (Lipinski definition) is 2. The number of halogens is 2. The number of nitriles is 1. The van der Waals surface area contributed by atoms with Crippen molar-refractivity contribution in [3.63, 3.8) is 0 Å². The zero-order chi connectivity index (χ0) is 11.4. The summed E-state index contributed by atoms with van der Waals surface area (Å²) in [5.41, 5.74) is 0.324. The fourth-order valence-electron chi connectivity index (χ4n) is 1.34. The van der Waals surface area contributed by atoms with E-state index in [9.17, 15) is 8.78 Å². The van der Waals surface area contributed by atoms with Crippen LogP contribution in [0.3, 0.4) is 0 Å². The lowest BCUT2D eigenvalue weighted by Crippen LogP contribution is -2.05. The van der Waals surface area contributed by atoms with Gasteiger partial charge in [0.1, 0.15) is 6.10 Å². The average molecular weight is 211 g/mol. The number of aryl methyl sites for hydroxylation is 1. The number of nitrogens with zero attached hydrogens (tertiary/aromatic N) is 1. The van der Waals surface area contributed by atoms with Gasteiger partial charge in [-0.15, -0.1) is 0 Å². The Kier molecular flexibility index (Phi) is 3.62. The second-order valence-corrected chi connectivity index (χ2v) is 3.21. The van der Waals surface area contributed by atoms with E-state index in [2.05, 4.69) is 4.74 Å². The molecule has 0 N–H and O–H groups in total. The molecule has 4 heteroatoms. The summed E-state index contributed by atoms with van der Waals surface area (Å²) in [5.74, 6) is -1.82. The first-order valence-corrected chi connectivity index (χ1v) is 4.61. The van der Waals surface area contributed by atoms with Gasteiger partial charge < -0.3 is 4.74 Å². The number of benzene rings is 1. The van der Waals surface area contributed by atoms with Crippen LogP contribution >= 0.6 is 0 Å². The molecule has 0 saturated carbocycles. The highest BCUT2D eigenvalue weighted by molar-refractivity contribution is 5.27. The minimum atomic E-state index is -0.933. The lowest BCUT2D eigenvalue weighted by atomic mass is 10.0. The van der Waals surface area contributed by atoms with Crippen molar-refractivity contribution in [2.24, 2.45) is 0 Å². The molecule has 1 atom stereocenters. The molecular formula is C11H11F2NO. The Morgan fingerprint density at radius 2 is 2.07 bits per heavy atom. The van der Waals surface area contributed by atoms with E-state index in [0.717, 1.165) is 0 Å². The van der Waals surface area contributed by atoms with E-state index in [-0.39, 0.29) is 11.1 Å². The molecule has 1 aromatic carbocycles. The monoisotopic (exact) mass is 211 g/mol. The number of rotatable bonds is 3. The van der Waals surface area contributed by atoms with E-state index < -0.39 is 17.7 Å². The molecule has 0 aliphatic carbocycles. The minimum absolute atomic E-state index is 0.0853. The van der Waals surface area contributed by atoms with Crippen molar-refractivity contribution in [3.05, 3.63) is 34.9 Å². The second-order valence-electron chi connectivity index (χ2n) is 3.21. The maximum atomic E-state index is 13.5. The summed E-state index contributed by atoms with van der Waals surface area (Å²) in [6.07, 6.45) is 1.18. The van der Waals surface area contributed by atoms with E-state index >= 15 is 0 Å². The van der Waals surface area contributed by atoms with Crippen LogP contribution in [0.25, 0.3) is 0 Å². The van der Waals surface area contributed by atoms with Gasteiger partial charge in [-0.25, -0.2) is 8.78 Å². The van der Waals surface area contributed by atoms with Gasteiger partial charge in [0.2, 0.25) is 0 Å². The van der Waals surface area contributed by atoms with Gasteiger partial charge in [-0.1, -0.05) is 19.1 Å². The fraction of sp³-hybridized carbons (Fsp3) is 0.364. The molecule has 0 unspecified atom stereocenters. The molecule has 0 heterocycles. The molecule has 0 saturated heterocycles. The first-order valence-electron chi connectivity index (χ1n) is 4.61. The van der Waals surface area contributed by atoms with E-state index in [1.165, 1.54) is 25.3 Å². The lowest BCUT2D eigenvalue weighted by Gasteiger charge is -2.13. The molecule has 15 heavy (non-hydrogen) atoms. The van der Waals surface area contributed by atoms with Crippen LogP contribution in [0.15, 0.2) is 12.1 Å². The van der Waals surface area contributed by atoms with Gasteiger partial charge in [0, 0.05) is 5.56 Å². The van der Waals surface area contributed by atoms with Crippen LogP contribution in [0.2, 0.25) is 0 Å². The standard InChI is InChI=1S/C11H11F2NO/c1-3-9(15-6-14)8-5-4-7(2)10(12)11(8)13/h4-5,9H,3H2,1-2H3/t9-/m1/s1. The van der Waals surface area contributed by atoms with Gasteiger partial charge in [0.15, 0.2) is 11.6 Å². The van der Waals surface area contributed by atoms with Crippen molar-refractivity contribution in [3.8, 4) is 6.26 Å². The van der Waals surface area contributed by atoms with E-state index in [4.69, 9.17) is 5.26 Å². The van der Waals surface area contributed by atoms with Gasteiger partial charge >= 0.3 is 0 Å². The van der Waals surface area contributed by atoms with Gasteiger partial charge in [0.25, 0.3) is 6.26 Å². The Hall–Kier alpha value is -1.63. The van der Waals surface area contributed by atoms with Crippen LogP contribution in [0.5, 0.6) is 0 Å². The van der Waals surface area contributed by atoms with Crippen molar-refractivity contribution < 1.29 is 13.5 Å². The zero-order valence-corrected chi connectivity index (χ0v) is 8.55. The summed E-state index contributed by atoms with van der Waals surface area (Å²) in [5, 5.41) is 8.36. The molecule has 0 aliphatic heterocycles. The van der Waals surface area contributed by atoms with Gasteiger partial charge in [-0.3, -0.25) is 0 Å². The van der Waals surface area contributed by atoms with Crippen molar-refractivity contribution in [1.29, 1.82) is 5.26 Å². The average Bonchev–Trinajstić information content (AvgIpc) is 2.24. The van der Waals surface area contributed by atoms with Gasteiger partial charge in [-0.2, -0.15) is 5.26 Å². The molecule has 0 fully saturated rings. The van der Waals surface area contributed by atoms with Crippen LogP contribution in [-0.2, 0) is 4.74 Å². The Balaban J connectivity index is 3.14. The highest BCUT2D eigenvalue weighted by atomic mass is 19.2. The summed E-state index contributed by atoms with van der Waals surface area (Å²) in [4.78, 5) is 0. The number of ether oxygens (including phenoxy) is 1. The summed E-state index contributed by atoms with van der Waals surface area (Å²) in [7, 11) is 0. The first-order chi connectivity index (χ1) is 7.11. The summed E-state index contributed by atoms with van der Waals surface area (Å²) in [6.45, 7) is 3.22. The lowest BCUT2D eigenvalue weighted by molar-refractivity contribution is 0.154. The molecule has 1 rings (SSSR count). The first kappa shape index (κ1) is 11.4. The fourth-order valence-corrected chi connectivity index (χ4v) is 1.34. The van der Waals surface area contributed by atoms with Crippen molar-refractivity contribution in [1.82, 2.24) is 0 Å². The van der Waals surface area contributed by atoms with Gasteiger partial charge in [-0.05, 0) is 18.9 Å². The van der Waals surface area contributed by atoms with Crippen molar-refractivity contribution in [2.75, 3.05) is 0 Å². The maximum Gasteiger partial charge on any atom is 0.286 e. The molecule has 0 bridgehead atoms. The molecule has 0 aromatic heterocycles. The SMILES string of the molecule is CC[C@@H](OC#N)c1ccc(C)c(F)c1F. The minimum Gasteiger partial charge on any atom is -0.419 e. The third kappa shape index (κ3) is 2.24. The molecule has 0 aliphatic rings. The number of hydrogen-bond donors (Lipinski definition) is 0. The zero-order valence-electron chi connectivity index (χ0n) is 8.55. The maximum absolute atomic E-state index is 13.5. The summed E-state index contributed by atoms with van der Waals surface area (Å²) >= 11 is 0. The van der Waals surface area contributed by atoms with Crippen molar-refractivity contribution in [2.45, 2.75) is 26.4 Å². The Morgan fingerprint density at radius 1 is 1.40 bits per heavy atom. The van der Waals surface area contributed by atoms with Gasteiger partial charge in [0.05, 0.1) is 0 Å². The third-order valence-corrected chi connectivity index (χ3v) is 2.22. The van der Waals surface area contributed by atoms with Crippen molar-refractivity contribution >= 4 is 0 Å². The normalized spacial score (nSPS) is 11.9. The molecule has 2 nitrogen and oxygen atoms in total. The molecule has 0 radical (unpaired) electrons. The Morgan fingerprint density at radius 3 is 2.60 bits per heavy atom. The predicted octanol–water partition coefficient (Wildman–Crippen LogP) is 3.22. The molecule has 0 amide bonds. The van der Waals surface area contributed by atoms with E-state index in [0.29, 0.717) is 6.42 Å². The highest BCUT2D eigenvalue weighted by Gasteiger charge is 2.19. The Bertz CT molecular complexity index is 398. The Labute approximate surface area is 87.1 Å². The summed E-state index contributed by atoms with van der Waals surface area (Å²) in [6, 6.07) is 2.91. The molecule has 0 spiro atoms. The molecular weight excluding hydrogens is 200 g/mol. The van der Waals surface area contributed by atoms with Crippen LogP contribution in [0.1, 0.15) is 30.6 Å². The van der Waals surface area contributed by atoms with E-state index in [1.807, 2.05) is 0 Å². The quantitative estimate of drug-likeness (QED) is 0.719. The predicted molar refractivity (Wildman–Crippen MR) is 50.8 cm³/mol. The van der Waals surface area contributed by atoms with Crippen LogP contribution in [0, 0.1) is 30.1 Å². The highest BCUT2D eigenvalue weighted by Crippen LogP contribution is 2.26. The topological polar surface area (TPSA) is 33.0 Å². The largest absolute Gasteiger partial charge is 0.419 e. The molecule has 80 valence electrons. The van der Waals surface area contributed by atoms with Crippen LogP contribution < -0.4 is 0 Å². The summed E-state index contributed by atoms with van der Waals surface area (Å²) < 4.78 is 31.3. The third-order valence-electron chi connectivity index (χ3n) is 2.22. The second kappa shape index (κ2) is 4.74. The molecule has 1 aromatic rings.